The van der Waals surface area contributed by atoms with Crippen molar-refractivity contribution in [3.05, 3.63) is 82.1 Å². The number of carbonyl (C=O) groups is 1. The van der Waals surface area contributed by atoms with Crippen molar-refractivity contribution < 1.29 is 19.0 Å². The van der Waals surface area contributed by atoms with E-state index in [-0.39, 0.29) is 23.5 Å². The Labute approximate surface area is 197 Å². The van der Waals surface area contributed by atoms with E-state index in [9.17, 15) is 14.3 Å². The molecule has 32 heavy (non-hydrogen) atoms. The van der Waals surface area contributed by atoms with Crippen molar-refractivity contribution in [1.29, 1.82) is 0 Å². The number of aliphatic hydroxyl groups is 1. The van der Waals surface area contributed by atoms with Crippen molar-refractivity contribution >= 4 is 29.1 Å². The summed E-state index contributed by atoms with van der Waals surface area (Å²) in [6.07, 6.45) is 3.17. The van der Waals surface area contributed by atoms with Gasteiger partial charge in [-0.1, -0.05) is 47.5 Å². The minimum Gasteiger partial charge on any atom is -0.394 e. The predicted molar refractivity (Wildman–Crippen MR) is 123 cm³/mol. The summed E-state index contributed by atoms with van der Waals surface area (Å²) in [6, 6.07) is 10.7. The Morgan fingerprint density at radius 2 is 2.03 bits per heavy atom. The molecule has 7 heteroatoms. The average Bonchev–Trinajstić information content (AvgIpc) is 3.59. The summed E-state index contributed by atoms with van der Waals surface area (Å²) in [5, 5.41) is 10.8. The Morgan fingerprint density at radius 3 is 2.62 bits per heavy atom. The van der Waals surface area contributed by atoms with E-state index in [4.69, 9.17) is 27.9 Å². The number of rotatable bonds is 7. The van der Waals surface area contributed by atoms with Crippen LogP contribution in [0.3, 0.4) is 0 Å². The normalized spacial score (nSPS) is 26.8. The molecule has 1 aliphatic heterocycles. The predicted octanol–water partition coefficient (Wildman–Crippen LogP) is 5.88. The highest BCUT2D eigenvalue weighted by atomic mass is 35.5. The lowest BCUT2D eigenvalue weighted by atomic mass is 9.85. The highest BCUT2D eigenvalue weighted by Crippen LogP contribution is 2.50. The van der Waals surface area contributed by atoms with E-state index in [1.807, 2.05) is 12.1 Å². The Bertz CT molecular complexity index is 1030. The van der Waals surface area contributed by atoms with E-state index in [2.05, 4.69) is 6.58 Å². The third-order valence-corrected chi connectivity index (χ3v) is 6.91. The minimum atomic E-state index is -1.18. The van der Waals surface area contributed by atoms with Crippen LogP contribution in [0.1, 0.15) is 49.5 Å². The zero-order valence-corrected chi connectivity index (χ0v) is 19.3. The molecule has 0 radical (unpaired) electrons. The number of benzene rings is 2. The topological polar surface area (TPSA) is 49.8 Å². The summed E-state index contributed by atoms with van der Waals surface area (Å²) in [6.45, 7) is 5.35. The molecule has 2 aliphatic rings. The summed E-state index contributed by atoms with van der Waals surface area (Å²) < 4.78 is 21.0. The molecule has 1 heterocycles. The van der Waals surface area contributed by atoms with Crippen molar-refractivity contribution in [2.24, 2.45) is 5.92 Å². The maximum absolute atomic E-state index is 14.5. The monoisotopic (exact) mass is 477 g/mol. The zero-order valence-electron chi connectivity index (χ0n) is 17.8. The molecule has 1 aliphatic carbocycles. The van der Waals surface area contributed by atoms with Crippen LogP contribution in [0.2, 0.25) is 10.0 Å². The molecule has 0 aromatic heterocycles. The van der Waals surface area contributed by atoms with E-state index >= 15 is 0 Å². The van der Waals surface area contributed by atoms with E-state index < -0.39 is 29.6 Å². The van der Waals surface area contributed by atoms with Gasteiger partial charge in [0.25, 0.3) is 5.91 Å². The van der Waals surface area contributed by atoms with Gasteiger partial charge in [0.05, 0.1) is 23.7 Å². The fourth-order valence-electron chi connectivity index (χ4n) is 4.62. The quantitative estimate of drug-likeness (QED) is 0.506. The molecule has 0 bridgehead atoms. The van der Waals surface area contributed by atoms with Gasteiger partial charge < -0.3 is 14.7 Å². The number of hydrogen-bond acceptors (Lipinski definition) is 3. The number of amides is 1. The number of aliphatic hydroxyl groups excluding tert-OH is 1. The van der Waals surface area contributed by atoms with E-state index in [1.165, 1.54) is 12.1 Å². The lowest BCUT2D eigenvalue weighted by Gasteiger charge is -2.51. The van der Waals surface area contributed by atoms with Crippen molar-refractivity contribution in [2.45, 2.75) is 50.0 Å². The van der Waals surface area contributed by atoms with Gasteiger partial charge in [-0.05, 0) is 61.1 Å². The van der Waals surface area contributed by atoms with E-state index in [0.29, 0.717) is 17.0 Å². The molecule has 1 saturated carbocycles. The number of nitrogens with zero attached hydrogens (tertiary/aromatic N) is 1. The molecular formula is C25H26Cl2FNO3. The molecule has 1 N–H and O–H groups in total. The molecule has 4 rings (SSSR count). The maximum atomic E-state index is 14.5. The Hall–Kier alpha value is -1.92. The van der Waals surface area contributed by atoms with E-state index in [0.717, 1.165) is 18.4 Å². The van der Waals surface area contributed by atoms with Gasteiger partial charge in [-0.15, -0.1) is 6.58 Å². The Kier molecular flexibility index (Phi) is 6.64. The number of halogens is 3. The van der Waals surface area contributed by atoms with Gasteiger partial charge in [0.2, 0.25) is 0 Å². The van der Waals surface area contributed by atoms with Crippen LogP contribution >= 0.6 is 23.2 Å². The van der Waals surface area contributed by atoms with Crippen LogP contribution in [0.4, 0.5) is 4.39 Å². The van der Waals surface area contributed by atoms with Crippen LogP contribution in [0.25, 0.3) is 0 Å². The van der Waals surface area contributed by atoms with Crippen LogP contribution in [-0.2, 0) is 9.53 Å². The second-order valence-corrected chi connectivity index (χ2v) is 9.58. The average molecular weight is 478 g/mol. The lowest BCUT2D eigenvalue weighted by Crippen LogP contribution is -2.61. The molecule has 4 nitrogen and oxygen atoms in total. The second kappa shape index (κ2) is 9.14. The molecule has 1 unspecified atom stereocenters. The smallest absolute Gasteiger partial charge is 0.255 e. The minimum absolute atomic E-state index is 0.0000525. The Morgan fingerprint density at radius 1 is 1.28 bits per heavy atom. The van der Waals surface area contributed by atoms with Crippen LogP contribution in [0, 0.1) is 11.7 Å². The van der Waals surface area contributed by atoms with Crippen LogP contribution in [0.15, 0.2) is 55.1 Å². The van der Waals surface area contributed by atoms with Gasteiger partial charge in [0.1, 0.15) is 17.5 Å². The summed E-state index contributed by atoms with van der Waals surface area (Å²) in [5.74, 6) is -0.635. The lowest BCUT2D eigenvalue weighted by molar-refractivity contribution is -0.204. The van der Waals surface area contributed by atoms with Crippen LogP contribution < -0.4 is 0 Å². The van der Waals surface area contributed by atoms with Gasteiger partial charge >= 0.3 is 0 Å². The first kappa shape index (κ1) is 23.2. The SMILES string of the molecule is C=CC[C@@]1(C)O[C@H](c2cccc(Cl)c2)C(c2ccc(Cl)c(F)c2)N([C@H](CO)C2CC2)C1=O. The number of hydrogen-bond donors (Lipinski definition) is 1. The largest absolute Gasteiger partial charge is 0.394 e. The van der Waals surface area contributed by atoms with Gasteiger partial charge in [-0.25, -0.2) is 4.39 Å². The van der Waals surface area contributed by atoms with Crippen molar-refractivity contribution in [3.8, 4) is 0 Å². The van der Waals surface area contributed by atoms with Gasteiger partial charge in [-0.2, -0.15) is 0 Å². The summed E-state index contributed by atoms with van der Waals surface area (Å²) in [5.41, 5.74) is 0.126. The van der Waals surface area contributed by atoms with Crippen LogP contribution in [-0.4, -0.2) is 34.2 Å². The number of morpholine rings is 1. The van der Waals surface area contributed by atoms with Crippen molar-refractivity contribution in [2.75, 3.05) is 6.61 Å². The first-order valence-corrected chi connectivity index (χ1v) is 11.5. The van der Waals surface area contributed by atoms with Gasteiger partial charge in [0, 0.05) is 11.4 Å². The molecule has 170 valence electrons. The molecule has 1 amide bonds. The Balaban J connectivity index is 1.91. The summed E-state index contributed by atoms with van der Waals surface area (Å²) in [7, 11) is 0. The highest BCUT2D eigenvalue weighted by Gasteiger charge is 2.54. The molecular weight excluding hydrogens is 452 g/mol. The van der Waals surface area contributed by atoms with Crippen molar-refractivity contribution in [1.82, 2.24) is 4.90 Å². The number of carbonyl (C=O) groups excluding carboxylic acids is 1. The third kappa shape index (κ3) is 4.32. The molecule has 2 aromatic rings. The first-order chi connectivity index (χ1) is 15.3. The first-order valence-electron chi connectivity index (χ1n) is 10.7. The molecule has 1 saturated heterocycles. The zero-order chi connectivity index (χ0) is 23.0. The fourth-order valence-corrected chi connectivity index (χ4v) is 4.94. The van der Waals surface area contributed by atoms with Crippen LogP contribution in [0.5, 0.6) is 0 Å². The number of ether oxygens (including phenoxy) is 1. The molecule has 2 fully saturated rings. The molecule has 2 aromatic carbocycles. The standard InChI is InChI=1S/C25H26Cl2FNO3/c1-3-11-25(2)24(31)29(21(14-30)15-7-8-15)22(16-9-10-19(27)20(28)13-16)23(32-25)17-5-4-6-18(26)12-17/h3-6,9-10,12-13,15,21-23,30H,1,7-8,11,14H2,2H3/t21-,22?,23-,25-/m1/s1. The van der Waals surface area contributed by atoms with Crippen molar-refractivity contribution in [3.63, 3.8) is 0 Å². The molecule has 4 atom stereocenters. The second-order valence-electron chi connectivity index (χ2n) is 8.74. The van der Waals surface area contributed by atoms with Gasteiger partial charge in [-0.3, -0.25) is 4.79 Å². The third-order valence-electron chi connectivity index (χ3n) is 6.37. The van der Waals surface area contributed by atoms with Gasteiger partial charge in [0.15, 0.2) is 0 Å². The fraction of sp³-hybridized carbons (Fsp3) is 0.400. The molecule has 0 spiro atoms. The summed E-state index contributed by atoms with van der Waals surface area (Å²) in [4.78, 5) is 15.6. The van der Waals surface area contributed by atoms with E-state index in [1.54, 1.807) is 36.1 Å². The highest BCUT2D eigenvalue weighted by molar-refractivity contribution is 6.31. The maximum Gasteiger partial charge on any atom is 0.255 e. The summed E-state index contributed by atoms with van der Waals surface area (Å²) >= 11 is 12.2.